The molecule has 1 aromatic carbocycles. The van der Waals surface area contributed by atoms with E-state index in [2.05, 4.69) is 57.5 Å². The highest BCUT2D eigenvalue weighted by atomic mass is 16.2. The van der Waals surface area contributed by atoms with Gasteiger partial charge in [-0.15, -0.1) is 0 Å². The van der Waals surface area contributed by atoms with Crippen LogP contribution in [0.5, 0.6) is 0 Å². The van der Waals surface area contributed by atoms with E-state index < -0.39 is 0 Å². The molecule has 1 atom stereocenters. The van der Waals surface area contributed by atoms with Gasteiger partial charge in [-0.05, 0) is 55.3 Å². The molecule has 152 valence electrons. The highest BCUT2D eigenvalue weighted by Crippen LogP contribution is 2.60. The molecule has 2 fully saturated rings. The highest BCUT2D eigenvalue weighted by Gasteiger charge is 2.59. The van der Waals surface area contributed by atoms with Gasteiger partial charge in [0.15, 0.2) is 0 Å². The van der Waals surface area contributed by atoms with Crippen LogP contribution in [0.15, 0.2) is 48.8 Å². The zero-order chi connectivity index (χ0) is 19.8. The van der Waals surface area contributed by atoms with Gasteiger partial charge in [0.2, 0.25) is 5.91 Å². The highest BCUT2D eigenvalue weighted by molar-refractivity contribution is 5.84. The number of likely N-dealkylation sites (tertiary alicyclic amines) is 1. The SMILES string of the molecule is Cn1cc(CN2CCC3(CC2)CC3C(=O)N2CC=C(c3ccccc3)CC2)cn1. The Morgan fingerprint density at radius 3 is 2.62 bits per heavy atom. The van der Waals surface area contributed by atoms with Gasteiger partial charge >= 0.3 is 0 Å². The second-order valence-corrected chi connectivity index (χ2v) is 9.05. The van der Waals surface area contributed by atoms with Crippen molar-refractivity contribution in [1.29, 1.82) is 0 Å². The van der Waals surface area contributed by atoms with Crippen LogP contribution in [0.25, 0.3) is 5.57 Å². The zero-order valence-electron chi connectivity index (χ0n) is 17.3. The van der Waals surface area contributed by atoms with E-state index in [-0.39, 0.29) is 11.3 Å². The van der Waals surface area contributed by atoms with Crippen molar-refractivity contribution in [3.8, 4) is 0 Å². The lowest BCUT2D eigenvalue weighted by atomic mass is 9.90. The summed E-state index contributed by atoms with van der Waals surface area (Å²) in [6, 6.07) is 10.6. The summed E-state index contributed by atoms with van der Waals surface area (Å²) in [6.07, 6.45) is 10.7. The molecule has 1 spiro atoms. The number of carbonyl (C=O) groups is 1. The minimum atomic E-state index is 0.259. The van der Waals surface area contributed by atoms with Gasteiger partial charge in [0.25, 0.3) is 0 Å². The number of benzene rings is 1. The first kappa shape index (κ1) is 18.6. The molecule has 2 aromatic rings. The molecule has 3 aliphatic rings. The molecule has 1 aromatic heterocycles. The normalized spacial score (nSPS) is 23.8. The van der Waals surface area contributed by atoms with E-state index in [0.717, 1.165) is 58.4 Å². The number of amides is 1. The number of nitrogens with zero attached hydrogens (tertiary/aromatic N) is 4. The summed E-state index contributed by atoms with van der Waals surface area (Å²) >= 11 is 0. The Balaban J connectivity index is 1.14. The number of rotatable bonds is 4. The minimum absolute atomic E-state index is 0.259. The smallest absolute Gasteiger partial charge is 0.226 e. The van der Waals surface area contributed by atoms with Crippen LogP contribution in [-0.2, 0) is 18.4 Å². The summed E-state index contributed by atoms with van der Waals surface area (Å²) < 4.78 is 1.87. The lowest BCUT2D eigenvalue weighted by Crippen LogP contribution is -2.39. The summed E-state index contributed by atoms with van der Waals surface area (Å²) in [5.41, 5.74) is 4.24. The maximum atomic E-state index is 13.1. The average Bonchev–Trinajstić information content (AvgIpc) is 3.31. The molecular formula is C24H30N4O. The Kier molecular flexibility index (Phi) is 4.78. The van der Waals surface area contributed by atoms with E-state index in [1.165, 1.54) is 16.7 Å². The third-order valence-corrected chi connectivity index (χ3v) is 7.17. The van der Waals surface area contributed by atoms with Crippen molar-refractivity contribution in [3.05, 3.63) is 59.9 Å². The van der Waals surface area contributed by atoms with Crippen LogP contribution in [0, 0.1) is 11.3 Å². The average molecular weight is 391 g/mol. The van der Waals surface area contributed by atoms with Crippen molar-refractivity contribution in [2.75, 3.05) is 26.2 Å². The molecule has 0 bridgehead atoms. The summed E-state index contributed by atoms with van der Waals surface area (Å²) in [4.78, 5) is 17.7. The summed E-state index contributed by atoms with van der Waals surface area (Å²) in [5.74, 6) is 0.656. The van der Waals surface area contributed by atoms with Crippen LogP contribution in [-0.4, -0.2) is 51.7 Å². The minimum Gasteiger partial charge on any atom is -0.338 e. The van der Waals surface area contributed by atoms with Crippen molar-refractivity contribution in [1.82, 2.24) is 19.6 Å². The summed E-state index contributed by atoms with van der Waals surface area (Å²) in [7, 11) is 1.97. The van der Waals surface area contributed by atoms with E-state index in [4.69, 9.17) is 0 Å². The fourth-order valence-electron chi connectivity index (χ4n) is 5.22. The van der Waals surface area contributed by atoms with E-state index in [9.17, 15) is 4.79 Å². The topological polar surface area (TPSA) is 41.4 Å². The standard InChI is InChI=1S/C24H30N4O/c1-26-17-19(16-25-26)18-27-13-9-24(10-14-27)15-22(24)23(29)28-11-7-21(8-12-28)20-5-3-2-4-6-20/h2-7,16-17,22H,8-15,18H2,1H3. The Labute approximate surface area is 173 Å². The predicted molar refractivity (Wildman–Crippen MR) is 114 cm³/mol. The van der Waals surface area contributed by atoms with Gasteiger partial charge in [-0.2, -0.15) is 5.10 Å². The van der Waals surface area contributed by atoms with Gasteiger partial charge in [0, 0.05) is 44.4 Å². The fourth-order valence-corrected chi connectivity index (χ4v) is 5.22. The van der Waals surface area contributed by atoms with E-state index in [1.54, 1.807) is 0 Å². The molecule has 3 heterocycles. The van der Waals surface area contributed by atoms with Gasteiger partial charge in [-0.1, -0.05) is 36.4 Å². The van der Waals surface area contributed by atoms with Crippen molar-refractivity contribution < 1.29 is 4.79 Å². The van der Waals surface area contributed by atoms with E-state index >= 15 is 0 Å². The number of hydrogen-bond acceptors (Lipinski definition) is 3. The molecule has 5 rings (SSSR count). The lowest BCUT2D eigenvalue weighted by molar-refractivity contribution is -0.133. The molecule has 1 aliphatic carbocycles. The van der Waals surface area contributed by atoms with Gasteiger partial charge < -0.3 is 4.90 Å². The van der Waals surface area contributed by atoms with Crippen LogP contribution in [0.2, 0.25) is 0 Å². The summed E-state index contributed by atoms with van der Waals surface area (Å²) in [6.45, 7) is 4.79. The molecule has 29 heavy (non-hydrogen) atoms. The van der Waals surface area contributed by atoms with Gasteiger partial charge in [0.05, 0.1) is 6.20 Å². The second kappa shape index (κ2) is 7.45. The number of aromatic nitrogens is 2. The Bertz CT molecular complexity index is 908. The first-order chi connectivity index (χ1) is 14.1. The Morgan fingerprint density at radius 1 is 1.17 bits per heavy atom. The Hall–Kier alpha value is -2.40. The van der Waals surface area contributed by atoms with Crippen molar-refractivity contribution >= 4 is 11.5 Å². The first-order valence-corrected chi connectivity index (χ1v) is 10.9. The predicted octanol–water partition coefficient (Wildman–Crippen LogP) is 3.34. The molecule has 5 nitrogen and oxygen atoms in total. The molecule has 5 heteroatoms. The van der Waals surface area contributed by atoms with Crippen molar-refractivity contribution in [2.24, 2.45) is 18.4 Å². The van der Waals surface area contributed by atoms with Crippen LogP contribution in [0.4, 0.5) is 0 Å². The number of carbonyl (C=O) groups excluding carboxylic acids is 1. The molecule has 2 aliphatic heterocycles. The zero-order valence-corrected chi connectivity index (χ0v) is 17.3. The molecule has 1 unspecified atom stereocenters. The first-order valence-electron chi connectivity index (χ1n) is 10.9. The van der Waals surface area contributed by atoms with Crippen molar-refractivity contribution in [3.63, 3.8) is 0 Å². The molecule has 1 amide bonds. The number of piperidine rings is 1. The molecule has 1 saturated heterocycles. The fraction of sp³-hybridized carbons (Fsp3) is 0.500. The monoisotopic (exact) mass is 390 g/mol. The van der Waals surface area contributed by atoms with Gasteiger partial charge in [-0.25, -0.2) is 0 Å². The second-order valence-electron chi connectivity index (χ2n) is 9.05. The molecule has 1 saturated carbocycles. The number of hydrogen-bond donors (Lipinski definition) is 0. The van der Waals surface area contributed by atoms with E-state index in [0.29, 0.717) is 5.91 Å². The number of aryl methyl sites for hydroxylation is 1. The van der Waals surface area contributed by atoms with Crippen LogP contribution < -0.4 is 0 Å². The van der Waals surface area contributed by atoms with Crippen molar-refractivity contribution in [2.45, 2.75) is 32.2 Å². The third-order valence-electron chi connectivity index (χ3n) is 7.17. The molecular weight excluding hydrogens is 360 g/mol. The van der Waals surface area contributed by atoms with Gasteiger partial charge in [0.1, 0.15) is 0 Å². The third kappa shape index (κ3) is 3.76. The Morgan fingerprint density at radius 2 is 1.97 bits per heavy atom. The summed E-state index contributed by atoms with van der Waals surface area (Å²) in [5, 5.41) is 4.27. The van der Waals surface area contributed by atoms with Crippen LogP contribution >= 0.6 is 0 Å². The van der Waals surface area contributed by atoms with Gasteiger partial charge in [-0.3, -0.25) is 14.4 Å². The maximum Gasteiger partial charge on any atom is 0.226 e. The quantitative estimate of drug-likeness (QED) is 0.804. The van der Waals surface area contributed by atoms with Crippen LogP contribution in [0.1, 0.15) is 36.8 Å². The van der Waals surface area contributed by atoms with E-state index in [1.807, 2.05) is 17.9 Å². The van der Waals surface area contributed by atoms with Crippen LogP contribution in [0.3, 0.4) is 0 Å². The maximum absolute atomic E-state index is 13.1. The molecule has 0 radical (unpaired) electrons. The molecule has 0 N–H and O–H groups in total. The lowest BCUT2D eigenvalue weighted by Gasteiger charge is -2.33. The largest absolute Gasteiger partial charge is 0.338 e.